The van der Waals surface area contributed by atoms with Gasteiger partial charge in [0.25, 0.3) is 0 Å². The first-order valence-corrected chi connectivity index (χ1v) is 7.02. The van der Waals surface area contributed by atoms with Crippen LogP contribution in [0.25, 0.3) is 0 Å². The van der Waals surface area contributed by atoms with Gasteiger partial charge >= 0.3 is 5.97 Å². The van der Waals surface area contributed by atoms with Gasteiger partial charge in [-0.1, -0.05) is 12.1 Å². The zero-order chi connectivity index (χ0) is 14.6. The molecule has 0 spiro atoms. The number of nitrogens with one attached hydrogen (secondary N) is 1. The van der Waals surface area contributed by atoms with Crippen molar-refractivity contribution in [3.63, 3.8) is 0 Å². The minimum absolute atomic E-state index is 0.309. The Morgan fingerprint density at radius 3 is 2.32 bits per heavy atom. The largest absolute Gasteiger partial charge is 0.480 e. The Morgan fingerprint density at radius 1 is 1.37 bits per heavy atom. The fourth-order valence-corrected chi connectivity index (χ4v) is 2.79. The summed E-state index contributed by atoms with van der Waals surface area (Å²) in [6.45, 7) is 1.17. The number of rotatable bonds is 6. The third-order valence-electron chi connectivity index (χ3n) is 2.32. The molecule has 0 aliphatic carbocycles. The summed E-state index contributed by atoms with van der Waals surface area (Å²) in [5.41, 5.74) is 0.309. The molecule has 8 heteroatoms. The first-order chi connectivity index (χ1) is 8.71. The molecule has 6 nitrogen and oxygen atoms in total. The quantitative estimate of drug-likeness (QED) is 0.688. The molecule has 106 valence electrons. The van der Waals surface area contributed by atoms with E-state index >= 15 is 0 Å². The van der Waals surface area contributed by atoms with E-state index in [1.807, 2.05) is 4.72 Å². The van der Waals surface area contributed by atoms with Crippen molar-refractivity contribution < 1.29 is 27.8 Å². The maximum absolute atomic E-state index is 12.7. The van der Waals surface area contributed by atoms with E-state index in [1.165, 1.54) is 19.1 Å². The van der Waals surface area contributed by atoms with Crippen LogP contribution in [-0.2, 0) is 20.6 Å². The van der Waals surface area contributed by atoms with Gasteiger partial charge in [0.1, 0.15) is 11.9 Å². The van der Waals surface area contributed by atoms with Crippen LogP contribution in [0, 0.1) is 5.82 Å². The van der Waals surface area contributed by atoms with Crippen molar-refractivity contribution in [1.82, 2.24) is 4.72 Å². The number of benzene rings is 1. The molecule has 0 amide bonds. The summed E-state index contributed by atoms with van der Waals surface area (Å²) in [5.74, 6) is -2.47. The molecule has 1 rings (SSSR count). The summed E-state index contributed by atoms with van der Waals surface area (Å²) >= 11 is 0. The number of hydrogen-bond acceptors (Lipinski definition) is 4. The molecule has 1 aromatic rings. The Bertz CT molecular complexity index is 541. The normalized spacial score (nSPS) is 14.9. The number of sulfonamides is 1. The van der Waals surface area contributed by atoms with Crippen molar-refractivity contribution in [2.45, 2.75) is 24.8 Å². The zero-order valence-corrected chi connectivity index (χ0v) is 10.9. The molecule has 0 saturated carbocycles. The third kappa shape index (κ3) is 4.93. The maximum Gasteiger partial charge on any atom is 0.324 e. The SMILES string of the molecule is C[C@@H](O)[C@H](NS(=O)(=O)Cc1ccc(F)cc1)C(=O)O. The Morgan fingerprint density at radius 2 is 1.89 bits per heavy atom. The molecule has 0 aliphatic heterocycles. The number of aliphatic hydroxyl groups is 1. The maximum atomic E-state index is 12.7. The molecule has 19 heavy (non-hydrogen) atoms. The van der Waals surface area contributed by atoms with E-state index in [0.29, 0.717) is 5.56 Å². The number of carboxylic acid groups (broad SMARTS) is 1. The molecule has 3 N–H and O–H groups in total. The van der Waals surface area contributed by atoms with Crippen LogP contribution in [0.1, 0.15) is 12.5 Å². The fraction of sp³-hybridized carbons (Fsp3) is 0.364. The summed E-state index contributed by atoms with van der Waals surface area (Å²) in [4.78, 5) is 10.8. The topological polar surface area (TPSA) is 104 Å². The standard InChI is InChI=1S/C11H14FNO5S/c1-7(14)10(11(15)16)13-19(17,18)6-8-2-4-9(12)5-3-8/h2-5,7,10,13-14H,6H2,1H3,(H,15,16)/t7-,10+/m1/s1. The third-order valence-corrected chi connectivity index (χ3v) is 3.65. The lowest BCUT2D eigenvalue weighted by Crippen LogP contribution is -2.47. The van der Waals surface area contributed by atoms with Gasteiger partial charge in [0.05, 0.1) is 11.9 Å². The second kappa shape index (κ2) is 6.09. The monoisotopic (exact) mass is 291 g/mol. The van der Waals surface area contributed by atoms with Crippen LogP contribution < -0.4 is 4.72 Å². The number of hydrogen-bond donors (Lipinski definition) is 3. The number of aliphatic hydroxyl groups excluding tert-OH is 1. The highest BCUT2D eigenvalue weighted by Crippen LogP contribution is 2.08. The smallest absolute Gasteiger partial charge is 0.324 e. The van der Waals surface area contributed by atoms with Crippen LogP contribution in [-0.4, -0.2) is 36.7 Å². The van der Waals surface area contributed by atoms with Crippen LogP contribution in [0.4, 0.5) is 4.39 Å². The molecule has 0 heterocycles. The van der Waals surface area contributed by atoms with Crippen LogP contribution in [0.2, 0.25) is 0 Å². The van der Waals surface area contributed by atoms with Gasteiger partial charge < -0.3 is 10.2 Å². The lowest BCUT2D eigenvalue weighted by molar-refractivity contribution is -0.141. The molecular formula is C11H14FNO5S. The molecule has 0 bridgehead atoms. The molecule has 0 aromatic heterocycles. The van der Waals surface area contributed by atoms with Gasteiger partial charge in [0, 0.05) is 0 Å². The number of carbonyl (C=O) groups is 1. The minimum Gasteiger partial charge on any atom is -0.480 e. The highest BCUT2D eigenvalue weighted by atomic mass is 32.2. The molecule has 0 aliphatic rings. The Kier molecular flexibility index (Phi) is 4.98. The lowest BCUT2D eigenvalue weighted by atomic mass is 10.2. The first kappa shape index (κ1) is 15.5. The summed E-state index contributed by atoms with van der Waals surface area (Å²) < 4.78 is 38.0. The van der Waals surface area contributed by atoms with E-state index in [0.717, 1.165) is 12.1 Å². The van der Waals surface area contributed by atoms with Gasteiger partial charge in [-0.15, -0.1) is 0 Å². The molecule has 0 fully saturated rings. The highest BCUT2D eigenvalue weighted by molar-refractivity contribution is 7.88. The van der Waals surface area contributed by atoms with E-state index in [9.17, 15) is 22.7 Å². The Hall–Kier alpha value is -1.51. The summed E-state index contributed by atoms with van der Waals surface area (Å²) in [6, 6.07) is 3.16. The second-order valence-electron chi connectivity index (χ2n) is 4.06. The average molecular weight is 291 g/mol. The van der Waals surface area contributed by atoms with Crippen molar-refractivity contribution in [3.05, 3.63) is 35.6 Å². The van der Waals surface area contributed by atoms with Crippen LogP contribution in [0.15, 0.2) is 24.3 Å². The zero-order valence-electron chi connectivity index (χ0n) is 10.1. The molecular weight excluding hydrogens is 277 g/mol. The van der Waals surface area contributed by atoms with Crippen LogP contribution in [0.5, 0.6) is 0 Å². The van der Waals surface area contributed by atoms with E-state index in [-0.39, 0.29) is 0 Å². The van der Waals surface area contributed by atoms with Crippen molar-refractivity contribution >= 4 is 16.0 Å². The van der Waals surface area contributed by atoms with Gasteiger partial charge in [-0.3, -0.25) is 4.79 Å². The van der Waals surface area contributed by atoms with E-state index in [1.54, 1.807) is 0 Å². The predicted molar refractivity (Wildman–Crippen MR) is 65.3 cm³/mol. The minimum atomic E-state index is -3.95. The Balaban J connectivity index is 2.81. The van der Waals surface area contributed by atoms with Gasteiger partial charge in [0.2, 0.25) is 10.0 Å². The van der Waals surface area contributed by atoms with Gasteiger partial charge in [-0.2, -0.15) is 4.72 Å². The number of aliphatic carboxylic acids is 1. The number of carboxylic acids is 1. The molecule has 1 aromatic carbocycles. The predicted octanol–water partition coefficient (Wildman–Crippen LogP) is 0.0791. The lowest BCUT2D eigenvalue weighted by Gasteiger charge is -2.17. The van der Waals surface area contributed by atoms with Crippen molar-refractivity contribution in [2.75, 3.05) is 0 Å². The average Bonchev–Trinajstić information content (AvgIpc) is 2.28. The van der Waals surface area contributed by atoms with Gasteiger partial charge in [-0.25, -0.2) is 12.8 Å². The molecule has 0 saturated heterocycles. The summed E-state index contributed by atoms with van der Waals surface area (Å²) in [6.07, 6.45) is -1.37. The fourth-order valence-electron chi connectivity index (χ4n) is 1.39. The Labute approximate surface area is 109 Å². The molecule has 0 radical (unpaired) electrons. The number of halogens is 1. The summed E-state index contributed by atoms with van der Waals surface area (Å²) in [5, 5.41) is 18.0. The molecule has 0 unspecified atom stereocenters. The van der Waals surface area contributed by atoms with Gasteiger partial charge in [-0.05, 0) is 24.6 Å². The van der Waals surface area contributed by atoms with E-state index < -0.39 is 39.7 Å². The van der Waals surface area contributed by atoms with Crippen molar-refractivity contribution in [2.24, 2.45) is 0 Å². The van der Waals surface area contributed by atoms with Crippen molar-refractivity contribution in [3.8, 4) is 0 Å². The van der Waals surface area contributed by atoms with E-state index in [4.69, 9.17) is 5.11 Å². The second-order valence-corrected chi connectivity index (χ2v) is 5.81. The van der Waals surface area contributed by atoms with Crippen molar-refractivity contribution in [1.29, 1.82) is 0 Å². The van der Waals surface area contributed by atoms with Crippen LogP contribution >= 0.6 is 0 Å². The first-order valence-electron chi connectivity index (χ1n) is 5.36. The van der Waals surface area contributed by atoms with Gasteiger partial charge in [0.15, 0.2) is 0 Å². The summed E-state index contributed by atoms with van der Waals surface area (Å²) in [7, 11) is -3.95. The van der Waals surface area contributed by atoms with Crippen LogP contribution in [0.3, 0.4) is 0 Å². The van der Waals surface area contributed by atoms with E-state index in [2.05, 4.69) is 0 Å². The highest BCUT2D eigenvalue weighted by Gasteiger charge is 2.28. The molecule has 2 atom stereocenters.